The first kappa shape index (κ1) is 13.7. The number of rotatable bonds is 7. The van der Waals surface area contributed by atoms with Gasteiger partial charge in [-0.3, -0.25) is 0 Å². The molecule has 0 aromatic carbocycles. The van der Waals surface area contributed by atoms with Crippen molar-refractivity contribution in [2.75, 3.05) is 6.54 Å². The molecule has 92 valence electrons. The summed E-state index contributed by atoms with van der Waals surface area (Å²) in [5.74, 6) is 0. The van der Waals surface area contributed by atoms with Gasteiger partial charge in [-0.1, -0.05) is 26.8 Å². The van der Waals surface area contributed by atoms with Crippen LogP contribution in [0.1, 0.15) is 45.4 Å². The Bertz CT molecular complexity index is 277. The van der Waals surface area contributed by atoms with E-state index in [0.29, 0.717) is 11.5 Å². The van der Waals surface area contributed by atoms with Gasteiger partial charge < -0.3 is 5.32 Å². The molecule has 0 aliphatic heterocycles. The van der Waals surface area contributed by atoms with Gasteiger partial charge in [0.25, 0.3) is 0 Å². The summed E-state index contributed by atoms with van der Waals surface area (Å²) in [5, 5.41) is 5.67. The van der Waals surface area contributed by atoms with Crippen molar-refractivity contribution in [3.8, 4) is 0 Å². The molecule has 0 saturated heterocycles. The predicted molar refractivity (Wildman–Crippen MR) is 74.2 cm³/mol. The van der Waals surface area contributed by atoms with Gasteiger partial charge in [-0.15, -0.1) is 11.3 Å². The van der Waals surface area contributed by atoms with E-state index < -0.39 is 0 Å². The number of aryl methyl sites for hydroxylation is 1. The molecule has 1 atom stereocenters. The van der Waals surface area contributed by atoms with Crippen LogP contribution in [0.25, 0.3) is 0 Å². The van der Waals surface area contributed by atoms with Crippen molar-refractivity contribution in [3.05, 3.63) is 22.4 Å². The van der Waals surface area contributed by atoms with Crippen molar-refractivity contribution in [2.45, 2.75) is 53.0 Å². The Morgan fingerprint density at radius 3 is 2.75 bits per heavy atom. The summed E-state index contributed by atoms with van der Waals surface area (Å²) in [6, 6.07) is 5.02. The average molecular weight is 239 g/mol. The lowest BCUT2D eigenvalue weighted by Crippen LogP contribution is -2.31. The Morgan fingerprint density at radius 2 is 2.19 bits per heavy atom. The van der Waals surface area contributed by atoms with E-state index in [-0.39, 0.29) is 0 Å². The lowest BCUT2D eigenvalue weighted by Gasteiger charge is -2.28. The van der Waals surface area contributed by atoms with E-state index in [4.69, 9.17) is 0 Å². The van der Waals surface area contributed by atoms with Crippen LogP contribution in [0.5, 0.6) is 0 Å². The molecule has 1 aromatic heterocycles. The van der Waals surface area contributed by atoms with Gasteiger partial charge in [0.1, 0.15) is 0 Å². The quantitative estimate of drug-likeness (QED) is 0.755. The maximum Gasteiger partial charge on any atom is 0.00454 e. The Kier molecular flexibility index (Phi) is 5.50. The fourth-order valence-electron chi connectivity index (χ4n) is 2.27. The van der Waals surface area contributed by atoms with E-state index in [1.807, 2.05) is 11.3 Å². The van der Waals surface area contributed by atoms with Crippen molar-refractivity contribution in [1.82, 2.24) is 5.32 Å². The van der Waals surface area contributed by atoms with Crippen LogP contribution in [0, 0.1) is 5.41 Å². The minimum atomic E-state index is 0.436. The van der Waals surface area contributed by atoms with E-state index >= 15 is 0 Å². The molecule has 0 aliphatic rings. The summed E-state index contributed by atoms with van der Waals surface area (Å²) >= 11 is 1.88. The molecule has 1 nitrogen and oxygen atoms in total. The van der Waals surface area contributed by atoms with Crippen LogP contribution in [0.15, 0.2) is 17.5 Å². The summed E-state index contributed by atoms with van der Waals surface area (Å²) in [7, 11) is 0. The van der Waals surface area contributed by atoms with Gasteiger partial charge in [-0.05, 0) is 49.6 Å². The third-order valence-electron chi connectivity index (χ3n) is 3.04. The van der Waals surface area contributed by atoms with Gasteiger partial charge in [0.15, 0.2) is 0 Å². The number of hydrogen-bond donors (Lipinski definition) is 1. The van der Waals surface area contributed by atoms with E-state index in [2.05, 4.69) is 50.5 Å². The predicted octanol–water partition coefficient (Wildman–Crippen LogP) is 4.10. The molecule has 0 bridgehead atoms. The summed E-state index contributed by atoms with van der Waals surface area (Å²) in [5.41, 5.74) is 0.436. The highest BCUT2D eigenvalue weighted by molar-refractivity contribution is 7.09. The van der Waals surface area contributed by atoms with Crippen LogP contribution in [0.2, 0.25) is 0 Å². The van der Waals surface area contributed by atoms with Gasteiger partial charge >= 0.3 is 0 Å². The monoisotopic (exact) mass is 239 g/mol. The van der Waals surface area contributed by atoms with Crippen LogP contribution in [0.4, 0.5) is 0 Å². The zero-order valence-corrected chi connectivity index (χ0v) is 11.9. The SMILES string of the molecule is CCNC(C)CC(C)(C)CCc1cccs1. The highest BCUT2D eigenvalue weighted by Crippen LogP contribution is 2.29. The average Bonchev–Trinajstić information content (AvgIpc) is 2.66. The maximum atomic E-state index is 3.50. The van der Waals surface area contributed by atoms with Crippen LogP contribution in [0.3, 0.4) is 0 Å². The first-order valence-corrected chi connectivity index (χ1v) is 7.17. The zero-order valence-electron chi connectivity index (χ0n) is 11.0. The molecule has 16 heavy (non-hydrogen) atoms. The van der Waals surface area contributed by atoms with Crippen LogP contribution in [-0.2, 0) is 6.42 Å². The molecular weight excluding hydrogens is 214 g/mol. The molecule has 1 rings (SSSR count). The highest BCUT2D eigenvalue weighted by atomic mass is 32.1. The van der Waals surface area contributed by atoms with Gasteiger partial charge in [0.2, 0.25) is 0 Å². The lowest BCUT2D eigenvalue weighted by molar-refractivity contribution is 0.270. The van der Waals surface area contributed by atoms with Gasteiger partial charge in [-0.2, -0.15) is 0 Å². The Morgan fingerprint density at radius 1 is 1.44 bits per heavy atom. The van der Waals surface area contributed by atoms with E-state index in [1.165, 1.54) is 24.1 Å². The largest absolute Gasteiger partial charge is 0.315 e. The molecule has 1 aromatic rings. The Hall–Kier alpha value is -0.340. The molecule has 0 aliphatic carbocycles. The van der Waals surface area contributed by atoms with Gasteiger partial charge in [0.05, 0.1) is 0 Å². The van der Waals surface area contributed by atoms with Crippen LogP contribution in [-0.4, -0.2) is 12.6 Å². The second kappa shape index (κ2) is 6.41. The smallest absolute Gasteiger partial charge is 0.00454 e. The molecule has 0 radical (unpaired) electrons. The van der Waals surface area contributed by atoms with E-state index in [1.54, 1.807) is 0 Å². The first-order valence-electron chi connectivity index (χ1n) is 6.29. The standard InChI is InChI=1S/C14H25NS/c1-5-15-12(2)11-14(3,4)9-8-13-7-6-10-16-13/h6-7,10,12,15H,5,8-9,11H2,1-4H3. The summed E-state index contributed by atoms with van der Waals surface area (Å²) in [4.78, 5) is 1.52. The second-order valence-electron chi connectivity index (χ2n) is 5.41. The second-order valence-corrected chi connectivity index (χ2v) is 6.44. The third-order valence-corrected chi connectivity index (χ3v) is 3.98. The topological polar surface area (TPSA) is 12.0 Å². The minimum absolute atomic E-state index is 0.436. The molecule has 2 heteroatoms. The molecule has 0 amide bonds. The third kappa shape index (κ3) is 5.13. The van der Waals surface area contributed by atoms with Crippen LogP contribution < -0.4 is 5.32 Å². The molecule has 1 unspecified atom stereocenters. The molecule has 0 spiro atoms. The zero-order chi connectivity index (χ0) is 12.0. The molecule has 1 N–H and O–H groups in total. The fraction of sp³-hybridized carbons (Fsp3) is 0.714. The van der Waals surface area contributed by atoms with E-state index in [0.717, 1.165) is 6.54 Å². The van der Waals surface area contributed by atoms with Crippen molar-refractivity contribution < 1.29 is 0 Å². The summed E-state index contributed by atoms with van der Waals surface area (Å²) in [6.45, 7) is 10.3. The van der Waals surface area contributed by atoms with Gasteiger partial charge in [0, 0.05) is 10.9 Å². The molecule has 0 fully saturated rings. The summed E-state index contributed by atoms with van der Waals surface area (Å²) in [6.07, 6.45) is 3.76. The van der Waals surface area contributed by atoms with Gasteiger partial charge in [-0.25, -0.2) is 0 Å². The van der Waals surface area contributed by atoms with Crippen molar-refractivity contribution in [1.29, 1.82) is 0 Å². The highest BCUT2D eigenvalue weighted by Gasteiger charge is 2.20. The Balaban J connectivity index is 2.33. The van der Waals surface area contributed by atoms with Crippen molar-refractivity contribution in [2.24, 2.45) is 5.41 Å². The molecule has 1 heterocycles. The normalized spacial score (nSPS) is 14.0. The number of hydrogen-bond acceptors (Lipinski definition) is 2. The van der Waals surface area contributed by atoms with Crippen LogP contribution >= 0.6 is 11.3 Å². The number of thiophene rings is 1. The van der Waals surface area contributed by atoms with Crippen molar-refractivity contribution >= 4 is 11.3 Å². The summed E-state index contributed by atoms with van der Waals surface area (Å²) < 4.78 is 0. The first-order chi connectivity index (χ1) is 7.53. The van der Waals surface area contributed by atoms with Crippen molar-refractivity contribution in [3.63, 3.8) is 0 Å². The van der Waals surface area contributed by atoms with E-state index in [9.17, 15) is 0 Å². The number of nitrogens with one attached hydrogen (secondary N) is 1. The maximum absolute atomic E-state index is 3.50. The Labute approximate surface area is 104 Å². The minimum Gasteiger partial charge on any atom is -0.315 e. The fourth-order valence-corrected chi connectivity index (χ4v) is 2.98. The lowest BCUT2D eigenvalue weighted by atomic mass is 9.81. The molecule has 0 saturated carbocycles. The molecular formula is C14H25NS.